The van der Waals surface area contributed by atoms with E-state index in [0.717, 1.165) is 6.42 Å². The molecule has 0 spiro atoms. The molecule has 6 rings (SSSR count). The summed E-state index contributed by atoms with van der Waals surface area (Å²) in [6.07, 6.45) is 8.15. The molecule has 0 saturated heterocycles. The number of rotatable bonds is 4. The van der Waals surface area contributed by atoms with Gasteiger partial charge in [0, 0.05) is 0 Å². The Hall–Kier alpha value is -2.48. The third kappa shape index (κ3) is 4.76. The number of halogens is 2. The Bertz CT molecular complexity index is 1390. The average molecular weight is 543 g/mol. The summed E-state index contributed by atoms with van der Waals surface area (Å²) in [5.41, 5.74) is 11.2. The summed E-state index contributed by atoms with van der Waals surface area (Å²) in [5, 5.41) is 0. The fourth-order valence-corrected chi connectivity index (χ4v) is 10.8. The van der Waals surface area contributed by atoms with Gasteiger partial charge in [-0.1, -0.05) is 0 Å². The number of hydrogen-bond acceptors (Lipinski definition) is 0. The Morgan fingerprint density at radius 3 is 1.56 bits per heavy atom. The molecule has 4 aromatic carbocycles. The van der Waals surface area contributed by atoms with Crippen molar-refractivity contribution in [3.8, 4) is 33.4 Å². The van der Waals surface area contributed by atoms with Gasteiger partial charge in [0.05, 0.1) is 0 Å². The van der Waals surface area contributed by atoms with Gasteiger partial charge in [-0.15, -0.1) is 0 Å². The SMILES string of the molecule is C[C](C)=[Ti+2]([C]1=CC=CC1)[CH]1c2cc(-c3ccccc3)ccc2-c2ccc(-c3ccccc3)cc21.[Cl-].[Cl-]. The van der Waals surface area contributed by atoms with Crippen molar-refractivity contribution in [3.05, 3.63) is 130 Å². The maximum atomic E-state index is 2.50. The Labute approximate surface area is 233 Å². The average Bonchev–Trinajstić information content (AvgIpc) is 3.52. The normalized spacial score (nSPS) is 13.0. The summed E-state index contributed by atoms with van der Waals surface area (Å²) in [6, 6.07) is 36.0. The van der Waals surface area contributed by atoms with Crippen LogP contribution < -0.4 is 24.8 Å². The molecule has 4 aromatic rings. The minimum absolute atomic E-state index is 0. The van der Waals surface area contributed by atoms with E-state index in [2.05, 4.69) is 129 Å². The fraction of sp³-hybridized carbons (Fsp3) is 0.121. The molecule has 0 atom stereocenters. The van der Waals surface area contributed by atoms with Crippen LogP contribution in [0.3, 0.4) is 0 Å². The molecule has 0 fully saturated rings. The molecule has 0 unspecified atom stereocenters. The van der Waals surface area contributed by atoms with E-state index in [1.807, 2.05) is 0 Å². The molecule has 0 heterocycles. The molecule has 0 saturated carbocycles. The maximum Gasteiger partial charge on any atom is -1.00 e. The molecule has 0 bridgehead atoms. The van der Waals surface area contributed by atoms with Gasteiger partial charge in [-0.3, -0.25) is 0 Å². The van der Waals surface area contributed by atoms with Crippen molar-refractivity contribution in [3.63, 3.8) is 0 Å². The van der Waals surface area contributed by atoms with E-state index in [9.17, 15) is 0 Å². The van der Waals surface area contributed by atoms with Crippen LogP contribution >= 0.6 is 0 Å². The van der Waals surface area contributed by atoms with Crippen LogP contribution in [0, 0.1) is 0 Å². The predicted molar refractivity (Wildman–Crippen MR) is 143 cm³/mol. The van der Waals surface area contributed by atoms with E-state index in [1.54, 1.807) is 7.69 Å². The molecule has 0 aliphatic heterocycles. The Kier molecular flexibility index (Phi) is 8.33. The molecule has 36 heavy (non-hydrogen) atoms. The molecular weight excluding hydrogens is 515 g/mol. The predicted octanol–water partition coefficient (Wildman–Crippen LogP) is 2.77. The van der Waals surface area contributed by atoms with Crippen LogP contribution in [0.4, 0.5) is 0 Å². The second-order valence-electron chi connectivity index (χ2n) is 9.51. The summed E-state index contributed by atoms with van der Waals surface area (Å²) in [5.74, 6) is 0. The molecule has 0 N–H and O–H groups in total. The maximum absolute atomic E-state index is 2.50. The number of fused-ring (bicyclic) bond motifs is 3. The van der Waals surface area contributed by atoms with Gasteiger partial charge < -0.3 is 24.8 Å². The van der Waals surface area contributed by atoms with Crippen LogP contribution in [0.2, 0.25) is 0 Å². The first-order valence-corrected chi connectivity index (χ1v) is 14.6. The summed E-state index contributed by atoms with van der Waals surface area (Å²) < 4.78 is 3.83. The van der Waals surface area contributed by atoms with E-state index in [-0.39, 0.29) is 24.8 Å². The van der Waals surface area contributed by atoms with Gasteiger partial charge in [-0.25, -0.2) is 0 Å². The molecule has 0 aromatic heterocycles. The molecule has 3 heteroatoms. The van der Waals surface area contributed by atoms with Crippen molar-refractivity contribution in [1.29, 1.82) is 0 Å². The smallest absolute Gasteiger partial charge is 1.00 e. The summed E-state index contributed by atoms with van der Waals surface area (Å²) >= 11 is -1.76. The van der Waals surface area contributed by atoms with Crippen LogP contribution in [0.25, 0.3) is 33.4 Å². The van der Waals surface area contributed by atoms with E-state index in [4.69, 9.17) is 0 Å². The van der Waals surface area contributed by atoms with Crippen molar-refractivity contribution in [2.75, 3.05) is 0 Å². The largest absolute Gasteiger partial charge is 1.00 e. The first kappa shape index (κ1) is 26.6. The van der Waals surface area contributed by atoms with Gasteiger partial charge in [-0.05, 0) is 0 Å². The van der Waals surface area contributed by atoms with E-state index >= 15 is 0 Å². The van der Waals surface area contributed by atoms with Crippen molar-refractivity contribution in [1.82, 2.24) is 0 Å². The number of allylic oxidation sites excluding steroid dienone is 4. The zero-order valence-corrected chi connectivity index (χ0v) is 23.6. The number of hydrogen-bond donors (Lipinski definition) is 0. The first-order valence-electron chi connectivity index (χ1n) is 12.1. The van der Waals surface area contributed by atoms with Crippen molar-refractivity contribution in [2.24, 2.45) is 0 Å². The minimum atomic E-state index is -1.76. The molecule has 178 valence electrons. The summed E-state index contributed by atoms with van der Waals surface area (Å²) in [7, 11) is 0. The minimum Gasteiger partial charge on any atom is -1.00 e. The van der Waals surface area contributed by atoms with Gasteiger partial charge >= 0.3 is 209 Å². The topological polar surface area (TPSA) is 0 Å². The van der Waals surface area contributed by atoms with Crippen LogP contribution in [-0.4, -0.2) is 3.81 Å². The van der Waals surface area contributed by atoms with Gasteiger partial charge in [0.1, 0.15) is 0 Å². The van der Waals surface area contributed by atoms with Crippen LogP contribution in [-0.2, 0) is 17.4 Å². The van der Waals surface area contributed by atoms with Crippen LogP contribution in [0.1, 0.15) is 35.6 Å². The van der Waals surface area contributed by atoms with E-state index in [1.165, 1.54) is 44.5 Å². The van der Waals surface area contributed by atoms with Gasteiger partial charge in [0.25, 0.3) is 0 Å². The third-order valence-electron chi connectivity index (χ3n) is 7.17. The van der Waals surface area contributed by atoms with Gasteiger partial charge in [-0.2, -0.15) is 0 Å². The fourth-order valence-electron chi connectivity index (χ4n) is 5.63. The molecule has 0 radical (unpaired) electrons. The van der Waals surface area contributed by atoms with Crippen LogP contribution in [0.15, 0.2) is 119 Å². The Morgan fingerprint density at radius 2 is 1.14 bits per heavy atom. The molecule has 0 amide bonds. The quantitative estimate of drug-likeness (QED) is 0.348. The van der Waals surface area contributed by atoms with Gasteiger partial charge in [0.15, 0.2) is 0 Å². The van der Waals surface area contributed by atoms with E-state index in [0.29, 0.717) is 4.22 Å². The Balaban J connectivity index is 0.00000152. The van der Waals surface area contributed by atoms with Crippen molar-refractivity contribution in [2.45, 2.75) is 24.5 Å². The zero-order valence-electron chi connectivity index (χ0n) is 20.5. The summed E-state index contributed by atoms with van der Waals surface area (Å²) in [4.78, 5) is 0. The van der Waals surface area contributed by atoms with Crippen molar-refractivity contribution >= 4 is 3.81 Å². The Morgan fingerprint density at radius 1 is 0.639 bits per heavy atom. The molecular formula is C33H28Cl2Ti. The first-order chi connectivity index (χ1) is 16.7. The van der Waals surface area contributed by atoms with Crippen molar-refractivity contribution < 1.29 is 42.2 Å². The summed E-state index contributed by atoms with van der Waals surface area (Å²) in [6.45, 7) is 4.77. The standard InChI is InChI=1S/C25H17.C5H5.C3H6.2ClH.Ti/c1-3-7-18(8-4-1)20-11-13-24-22(15-20)17-23-16-21(12-14-25(23)24)19-9-5-2-6-10-19;1-2-4-5-3-1;1-3-2;;;/h1-17H;1-3H,4H2;1-2H3;2*1H;/q;;;;;+2/p-2. The number of benzene rings is 4. The third-order valence-corrected chi connectivity index (χ3v) is 12.4. The zero-order chi connectivity index (χ0) is 23.1. The van der Waals surface area contributed by atoms with Gasteiger partial charge in [0.2, 0.25) is 0 Å². The molecule has 2 aliphatic rings. The second-order valence-corrected chi connectivity index (χ2v) is 14.3. The molecule has 2 aliphatic carbocycles. The monoisotopic (exact) mass is 542 g/mol. The van der Waals surface area contributed by atoms with Crippen LogP contribution in [0.5, 0.6) is 0 Å². The van der Waals surface area contributed by atoms with E-state index < -0.39 is 17.4 Å². The second kappa shape index (κ2) is 11.3. The molecule has 0 nitrogen and oxygen atoms in total.